The van der Waals surface area contributed by atoms with Gasteiger partial charge >= 0.3 is 0 Å². The van der Waals surface area contributed by atoms with E-state index in [0.29, 0.717) is 5.92 Å². The Morgan fingerprint density at radius 3 is 2.42 bits per heavy atom. The fraction of sp³-hybridized carbons (Fsp3) is 0.562. The fourth-order valence-corrected chi connectivity index (χ4v) is 2.37. The predicted molar refractivity (Wildman–Crippen MR) is 79.4 cm³/mol. The molecular weight excluding hydrogens is 236 g/mol. The molecule has 1 atom stereocenters. The van der Waals surface area contributed by atoms with E-state index in [0.717, 1.165) is 31.5 Å². The Morgan fingerprint density at radius 1 is 1.32 bits per heavy atom. The van der Waals surface area contributed by atoms with Gasteiger partial charge < -0.3 is 10.6 Å². The lowest BCUT2D eigenvalue weighted by Crippen LogP contribution is -2.32. The number of carbonyl (C=O) groups excluding carboxylic acids is 1. The lowest BCUT2D eigenvalue weighted by molar-refractivity contribution is -0.120. The number of rotatable bonds is 6. The zero-order valence-corrected chi connectivity index (χ0v) is 12.1. The quantitative estimate of drug-likeness (QED) is 0.825. The summed E-state index contributed by atoms with van der Waals surface area (Å²) in [6.45, 7) is 5.18. The standard InChI is InChI=1S/C16H24N2O/c1-4-12(2)13-5-7-14(8-6-13)18-15(19)16(9-10-16)11-17-3/h5-8,12,17H,4,9-11H2,1-3H3,(H,18,19). The average Bonchev–Trinajstić information content (AvgIpc) is 3.20. The van der Waals surface area contributed by atoms with Gasteiger partial charge in [0.05, 0.1) is 5.41 Å². The number of hydrogen-bond acceptors (Lipinski definition) is 2. The van der Waals surface area contributed by atoms with Crippen LogP contribution in [0.1, 0.15) is 44.6 Å². The Kier molecular flexibility index (Phi) is 4.25. The Hall–Kier alpha value is -1.35. The van der Waals surface area contributed by atoms with Crippen molar-refractivity contribution in [2.75, 3.05) is 18.9 Å². The molecule has 3 nitrogen and oxygen atoms in total. The van der Waals surface area contributed by atoms with E-state index in [1.54, 1.807) is 0 Å². The van der Waals surface area contributed by atoms with Crippen LogP contribution in [-0.2, 0) is 4.79 Å². The van der Waals surface area contributed by atoms with Crippen LogP contribution in [0.25, 0.3) is 0 Å². The largest absolute Gasteiger partial charge is 0.326 e. The molecular formula is C16H24N2O. The minimum atomic E-state index is -0.163. The van der Waals surface area contributed by atoms with E-state index >= 15 is 0 Å². The predicted octanol–water partition coefficient (Wildman–Crippen LogP) is 3.14. The first-order chi connectivity index (χ1) is 9.11. The second-order valence-corrected chi connectivity index (χ2v) is 5.70. The van der Waals surface area contributed by atoms with E-state index in [1.807, 2.05) is 19.2 Å². The molecule has 1 aliphatic carbocycles. The molecule has 3 heteroatoms. The molecule has 1 aromatic carbocycles. The zero-order valence-electron chi connectivity index (χ0n) is 12.1. The van der Waals surface area contributed by atoms with Gasteiger partial charge in [-0.15, -0.1) is 0 Å². The second kappa shape index (κ2) is 5.74. The van der Waals surface area contributed by atoms with Crippen molar-refractivity contribution in [3.8, 4) is 0 Å². The number of amides is 1. The molecule has 0 radical (unpaired) electrons. The van der Waals surface area contributed by atoms with Gasteiger partial charge in [-0.3, -0.25) is 4.79 Å². The maximum atomic E-state index is 12.2. The Morgan fingerprint density at radius 2 is 1.95 bits per heavy atom. The molecule has 0 aliphatic heterocycles. The highest BCUT2D eigenvalue weighted by Crippen LogP contribution is 2.45. The number of hydrogen-bond donors (Lipinski definition) is 2. The van der Waals surface area contributed by atoms with Crippen molar-refractivity contribution in [2.24, 2.45) is 5.41 Å². The normalized spacial score (nSPS) is 17.8. The highest BCUT2D eigenvalue weighted by molar-refractivity contribution is 5.97. The molecule has 0 aromatic heterocycles. The van der Waals surface area contributed by atoms with Gasteiger partial charge in [-0.1, -0.05) is 26.0 Å². The number of carbonyl (C=O) groups is 1. The van der Waals surface area contributed by atoms with Crippen LogP contribution < -0.4 is 10.6 Å². The molecule has 2 rings (SSSR count). The van der Waals surface area contributed by atoms with Crippen LogP contribution in [0, 0.1) is 5.41 Å². The summed E-state index contributed by atoms with van der Waals surface area (Å²) in [4.78, 5) is 12.2. The van der Waals surface area contributed by atoms with Crippen molar-refractivity contribution in [2.45, 2.75) is 39.0 Å². The third kappa shape index (κ3) is 3.16. The maximum absolute atomic E-state index is 12.2. The van der Waals surface area contributed by atoms with Crippen LogP contribution in [0.2, 0.25) is 0 Å². The van der Waals surface area contributed by atoms with E-state index in [4.69, 9.17) is 0 Å². The second-order valence-electron chi connectivity index (χ2n) is 5.70. The Labute approximate surface area is 115 Å². The third-order valence-corrected chi connectivity index (χ3v) is 4.20. The summed E-state index contributed by atoms with van der Waals surface area (Å²) in [5.41, 5.74) is 2.07. The molecule has 0 saturated heterocycles. The van der Waals surface area contributed by atoms with Gasteiger partial charge in [0, 0.05) is 12.2 Å². The summed E-state index contributed by atoms with van der Waals surface area (Å²) in [6.07, 6.45) is 3.12. The van der Waals surface area contributed by atoms with E-state index in [-0.39, 0.29) is 11.3 Å². The van der Waals surface area contributed by atoms with E-state index in [9.17, 15) is 4.79 Å². The molecule has 1 saturated carbocycles. The van der Waals surface area contributed by atoms with Gasteiger partial charge in [0.15, 0.2) is 0 Å². The van der Waals surface area contributed by atoms with Gasteiger partial charge in [0.25, 0.3) is 0 Å². The molecule has 0 bridgehead atoms. The number of nitrogens with one attached hydrogen (secondary N) is 2. The first-order valence-corrected chi connectivity index (χ1v) is 7.17. The minimum Gasteiger partial charge on any atom is -0.326 e. The monoisotopic (exact) mass is 260 g/mol. The van der Waals surface area contributed by atoms with Crippen LogP contribution in [0.5, 0.6) is 0 Å². The van der Waals surface area contributed by atoms with Crippen molar-refractivity contribution < 1.29 is 4.79 Å². The number of anilines is 1. The van der Waals surface area contributed by atoms with Crippen LogP contribution in [0.15, 0.2) is 24.3 Å². The Balaban J connectivity index is 1.98. The molecule has 1 aliphatic rings. The van der Waals surface area contributed by atoms with Crippen LogP contribution in [-0.4, -0.2) is 19.5 Å². The minimum absolute atomic E-state index is 0.151. The fourth-order valence-electron chi connectivity index (χ4n) is 2.37. The highest BCUT2D eigenvalue weighted by atomic mass is 16.2. The molecule has 19 heavy (non-hydrogen) atoms. The molecule has 1 unspecified atom stereocenters. The van der Waals surface area contributed by atoms with E-state index in [1.165, 1.54) is 5.56 Å². The lowest BCUT2D eigenvalue weighted by atomic mass is 9.98. The van der Waals surface area contributed by atoms with Crippen LogP contribution in [0.4, 0.5) is 5.69 Å². The molecule has 104 valence electrons. The van der Waals surface area contributed by atoms with E-state index < -0.39 is 0 Å². The average molecular weight is 260 g/mol. The van der Waals surface area contributed by atoms with E-state index in [2.05, 4.69) is 36.6 Å². The van der Waals surface area contributed by atoms with Gasteiger partial charge in [-0.25, -0.2) is 0 Å². The summed E-state index contributed by atoms with van der Waals surface area (Å²) in [5, 5.41) is 6.14. The first-order valence-electron chi connectivity index (χ1n) is 7.17. The Bertz CT molecular complexity index is 435. The van der Waals surface area contributed by atoms with Crippen molar-refractivity contribution in [1.29, 1.82) is 0 Å². The maximum Gasteiger partial charge on any atom is 0.231 e. The van der Waals surface area contributed by atoms with Crippen molar-refractivity contribution >= 4 is 11.6 Å². The van der Waals surface area contributed by atoms with Crippen molar-refractivity contribution in [3.05, 3.63) is 29.8 Å². The van der Waals surface area contributed by atoms with Gasteiger partial charge in [0.2, 0.25) is 5.91 Å². The van der Waals surface area contributed by atoms with Crippen molar-refractivity contribution in [1.82, 2.24) is 5.32 Å². The summed E-state index contributed by atoms with van der Waals surface area (Å²) >= 11 is 0. The highest BCUT2D eigenvalue weighted by Gasteiger charge is 2.49. The summed E-state index contributed by atoms with van der Waals surface area (Å²) in [6, 6.07) is 8.24. The topological polar surface area (TPSA) is 41.1 Å². The summed E-state index contributed by atoms with van der Waals surface area (Å²) in [7, 11) is 1.90. The zero-order chi connectivity index (χ0) is 13.9. The van der Waals surface area contributed by atoms with Crippen LogP contribution >= 0.6 is 0 Å². The first kappa shape index (κ1) is 14.1. The lowest BCUT2D eigenvalue weighted by Gasteiger charge is -2.15. The SMILES string of the molecule is CCC(C)c1ccc(NC(=O)C2(CNC)CC2)cc1. The molecule has 1 fully saturated rings. The summed E-state index contributed by atoms with van der Waals surface area (Å²) in [5.74, 6) is 0.724. The third-order valence-electron chi connectivity index (χ3n) is 4.20. The molecule has 0 spiro atoms. The van der Waals surface area contributed by atoms with Gasteiger partial charge in [-0.2, -0.15) is 0 Å². The molecule has 2 N–H and O–H groups in total. The molecule has 1 aromatic rings. The van der Waals surface area contributed by atoms with Crippen LogP contribution in [0.3, 0.4) is 0 Å². The summed E-state index contributed by atoms with van der Waals surface area (Å²) < 4.78 is 0. The van der Waals surface area contributed by atoms with Gasteiger partial charge in [-0.05, 0) is 49.9 Å². The molecule has 1 amide bonds. The van der Waals surface area contributed by atoms with Gasteiger partial charge in [0.1, 0.15) is 0 Å². The smallest absolute Gasteiger partial charge is 0.231 e. The molecule has 0 heterocycles. The number of benzene rings is 1. The van der Waals surface area contributed by atoms with Crippen molar-refractivity contribution in [3.63, 3.8) is 0 Å².